The number of carbonyl (C=O) groups excluding carboxylic acids is 2. The predicted molar refractivity (Wildman–Crippen MR) is 108 cm³/mol. The Morgan fingerprint density at radius 2 is 2.17 bits per heavy atom. The van der Waals surface area contributed by atoms with Crippen LogP contribution in [0.4, 0.5) is 10.8 Å². The normalized spacial score (nSPS) is 12.7. The number of anilines is 2. The molecule has 2 amide bonds. The van der Waals surface area contributed by atoms with Crippen molar-refractivity contribution in [3.63, 3.8) is 0 Å². The smallest absolute Gasteiger partial charge is 0.262 e. The Morgan fingerprint density at radius 1 is 1.34 bits per heavy atom. The molecule has 148 valence electrons. The Morgan fingerprint density at radius 3 is 3.00 bits per heavy atom. The molecule has 0 saturated heterocycles. The molecule has 29 heavy (non-hydrogen) atoms. The van der Waals surface area contributed by atoms with Gasteiger partial charge in [0, 0.05) is 22.2 Å². The Bertz CT molecular complexity index is 1180. The van der Waals surface area contributed by atoms with E-state index in [0.717, 1.165) is 5.56 Å². The maximum Gasteiger partial charge on any atom is 0.262 e. The number of benzene rings is 1. The van der Waals surface area contributed by atoms with Crippen molar-refractivity contribution in [1.29, 1.82) is 0 Å². The summed E-state index contributed by atoms with van der Waals surface area (Å²) in [4.78, 5) is 44.5. The number of fused-ring (bicyclic) bond motifs is 1. The number of nitrogens with one attached hydrogen (secondary N) is 2. The maximum absolute atomic E-state index is 12.3. The Labute approximate surface area is 169 Å². The van der Waals surface area contributed by atoms with Gasteiger partial charge in [0.1, 0.15) is 12.3 Å². The SMILES string of the molecule is Cc1ncn(CC(=O)Nc2nc(-c3ccc4c(c3)NC(=O)CO4)cs2)c(=O)c1C. The van der Waals surface area contributed by atoms with Crippen LogP contribution >= 0.6 is 11.3 Å². The third-order valence-electron chi connectivity index (χ3n) is 4.49. The van der Waals surface area contributed by atoms with E-state index in [9.17, 15) is 14.4 Å². The Balaban J connectivity index is 1.48. The van der Waals surface area contributed by atoms with Crippen molar-refractivity contribution >= 4 is 34.0 Å². The average Bonchev–Trinajstić information content (AvgIpc) is 3.16. The van der Waals surface area contributed by atoms with Crippen molar-refractivity contribution in [2.45, 2.75) is 20.4 Å². The highest BCUT2D eigenvalue weighted by Crippen LogP contribution is 2.33. The summed E-state index contributed by atoms with van der Waals surface area (Å²) in [5.74, 6) is 0.0191. The molecule has 2 N–H and O–H groups in total. The first-order valence-electron chi connectivity index (χ1n) is 8.76. The van der Waals surface area contributed by atoms with Gasteiger partial charge >= 0.3 is 0 Å². The second kappa shape index (κ2) is 7.47. The molecular weight excluding hydrogens is 394 g/mol. The molecule has 2 aromatic heterocycles. The second-order valence-corrected chi connectivity index (χ2v) is 7.38. The minimum absolute atomic E-state index is 0.00165. The number of hydrogen-bond acceptors (Lipinski definition) is 7. The van der Waals surface area contributed by atoms with Gasteiger partial charge < -0.3 is 15.4 Å². The number of hydrogen-bond donors (Lipinski definition) is 2. The van der Waals surface area contributed by atoms with Crippen LogP contribution in [0, 0.1) is 13.8 Å². The first-order chi connectivity index (χ1) is 13.9. The zero-order chi connectivity index (χ0) is 20.5. The van der Waals surface area contributed by atoms with E-state index >= 15 is 0 Å². The molecular formula is C19H17N5O4S. The lowest BCUT2D eigenvalue weighted by Crippen LogP contribution is -2.29. The Kier molecular flexibility index (Phi) is 4.85. The van der Waals surface area contributed by atoms with Gasteiger partial charge in [0.2, 0.25) is 5.91 Å². The van der Waals surface area contributed by atoms with E-state index in [0.29, 0.717) is 33.5 Å². The first-order valence-corrected chi connectivity index (χ1v) is 9.64. The van der Waals surface area contributed by atoms with Crippen molar-refractivity contribution in [1.82, 2.24) is 14.5 Å². The standard InChI is InChI=1S/C19H17N5O4S/c1-10-11(2)20-9-24(18(10)27)6-16(25)23-19-22-14(8-29-19)12-3-4-15-13(5-12)21-17(26)7-28-15/h3-5,8-9H,6-7H2,1-2H3,(H,21,26)(H,22,23,25). The molecule has 0 saturated carbocycles. The summed E-state index contributed by atoms with van der Waals surface area (Å²) in [6, 6.07) is 5.37. The number of aryl methyl sites for hydroxylation is 1. The molecule has 0 aliphatic carbocycles. The predicted octanol–water partition coefficient (Wildman–Crippen LogP) is 1.95. The lowest BCUT2D eigenvalue weighted by atomic mass is 10.1. The van der Waals surface area contributed by atoms with Crippen LogP contribution in [0.25, 0.3) is 11.3 Å². The van der Waals surface area contributed by atoms with Gasteiger partial charge in [0.15, 0.2) is 11.7 Å². The van der Waals surface area contributed by atoms with E-state index in [1.165, 1.54) is 22.2 Å². The lowest BCUT2D eigenvalue weighted by Gasteiger charge is -2.18. The van der Waals surface area contributed by atoms with Crippen LogP contribution in [0.15, 0.2) is 34.7 Å². The first kappa shape index (κ1) is 18.8. The zero-order valence-corrected chi connectivity index (χ0v) is 16.5. The van der Waals surface area contributed by atoms with Crippen LogP contribution in [-0.4, -0.2) is 33.0 Å². The van der Waals surface area contributed by atoms with Crippen LogP contribution in [0.3, 0.4) is 0 Å². The van der Waals surface area contributed by atoms with Crippen molar-refractivity contribution in [3.05, 3.63) is 51.5 Å². The fourth-order valence-electron chi connectivity index (χ4n) is 2.81. The van der Waals surface area contributed by atoms with Crippen molar-refractivity contribution in [2.75, 3.05) is 17.2 Å². The van der Waals surface area contributed by atoms with Gasteiger partial charge in [-0.1, -0.05) is 0 Å². The van der Waals surface area contributed by atoms with Crippen molar-refractivity contribution in [2.24, 2.45) is 0 Å². The van der Waals surface area contributed by atoms with E-state index in [-0.39, 0.29) is 30.5 Å². The van der Waals surface area contributed by atoms with Crippen molar-refractivity contribution < 1.29 is 14.3 Å². The highest BCUT2D eigenvalue weighted by atomic mass is 32.1. The number of rotatable bonds is 4. The fourth-order valence-corrected chi connectivity index (χ4v) is 3.54. The molecule has 0 bridgehead atoms. The summed E-state index contributed by atoms with van der Waals surface area (Å²) >= 11 is 1.27. The van der Waals surface area contributed by atoms with E-state index in [2.05, 4.69) is 20.6 Å². The molecule has 1 aliphatic heterocycles. The third kappa shape index (κ3) is 3.87. The number of carbonyl (C=O) groups is 2. The molecule has 3 aromatic rings. The second-order valence-electron chi connectivity index (χ2n) is 6.52. The molecule has 3 heterocycles. The minimum Gasteiger partial charge on any atom is -0.482 e. The molecule has 0 unspecified atom stereocenters. The van der Waals surface area contributed by atoms with E-state index in [1.807, 2.05) is 6.07 Å². The lowest BCUT2D eigenvalue weighted by molar-refractivity contribution is -0.118. The van der Waals surface area contributed by atoms with Crippen LogP contribution in [0.1, 0.15) is 11.3 Å². The van der Waals surface area contributed by atoms with E-state index in [1.54, 1.807) is 31.4 Å². The van der Waals surface area contributed by atoms with E-state index < -0.39 is 0 Å². The Hall–Kier alpha value is -3.53. The summed E-state index contributed by atoms with van der Waals surface area (Å²) < 4.78 is 6.61. The summed E-state index contributed by atoms with van der Waals surface area (Å²) in [6.07, 6.45) is 1.36. The van der Waals surface area contributed by atoms with E-state index in [4.69, 9.17) is 4.74 Å². The molecule has 0 radical (unpaired) electrons. The fraction of sp³-hybridized carbons (Fsp3) is 0.211. The number of amides is 2. The van der Waals surface area contributed by atoms with Gasteiger partial charge in [-0.05, 0) is 32.0 Å². The topological polar surface area (TPSA) is 115 Å². The number of ether oxygens (including phenoxy) is 1. The largest absolute Gasteiger partial charge is 0.482 e. The maximum atomic E-state index is 12.3. The van der Waals surface area contributed by atoms with Crippen LogP contribution in [0.2, 0.25) is 0 Å². The minimum atomic E-state index is -0.371. The summed E-state index contributed by atoms with van der Waals surface area (Å²) in [6.45, 7) is 3.27. The molecule has 1 aromatic carbocycles. The summed E-state index contributed by atoms with van der Waals surface area (Å²) in [5.41, 5.74) is 2.92. The quantitative estimate of drug-likeness (QED) is 0.678. The molecule has 1 aliphatic rings. The molecule has 0 spiro atoms. The summed E-state index contributed by atoms with van der Waals surface area (Å²) in [5, 5.41) is 7.66. The monoisotopic (exact) mass is 411 g/mol. The number of aromatic nitrogens is 3. The highest BCUT2D eigenvalue weighted by Gasteiger charge is 2.17. The third-order valence-corrected chi connectivity index (χ3v) is 5.25. The molecule has 0 atom stereocenters. The zero-order valence-electron chi connectivity index (χ0n) is 15.7. The number of thiazole rings is 1. The molecule has 4 rings (SSSR count). The molecule has 9 nitrogen and oxygen atoms in total. The summed E-state index contributed by atoms with van der Waals surface area (Å²) in [7, 11) is 0. The van der Waals surface area contributed by atoms with Gasteiger partial charge in [-0.15, -0.1) is 11.3 Å². The molecule has 0 fully saturated rings. The van der Waals surface area contributed by atoms with Crippen LogP contribution in [0.5, 0.6) is 5.75 Å². The van der Waals surface area contributed by atoms with Gasteiger partial charge in [-0.2, -0.15) is 0 Å². The van der Waals surface area contributed by atoms with Crippen LogP contribution in [-0.2, 0) is 16.1 Å². The van der Waals surface area contributed by atoms with Gasteiger partial charge in [0.25, 0.3) is 11.5 Å². The van der Waals surface area contributed by atoms with Crippen molar-refractivity contribution in [3.8, 4) is 17.0 Å². The van der Waals surface area contributed by atoms with Gasteiger partial charge in [0.05, 0.1) is 17.7 Å². The highest BCUT2D eigenvalue weighted by molar-refractivity contribution is 7.14. The number of nitrogens with zero attached hydrogens (tertiary/aromatic N) is 3. The van der Waals surface area contributed by atoms with Gasteiger partial charge in [-0.25, -0.2) is 9.97 Å². The molecule has 10 heteroatoms. The van der Waals surface area contributed by atoms with Crippen LogP contribution < -0.4 is 20.9 Å². The average molecular weight is 411 g/mol. The van der Waals surface area contributed by atoms with Gasteiger partial charge in [-0.3, -0.25) is 19.0 Å².